The Kier molecular flexibility index (Phi) is 3.85. The molecule has 1 aromatic rings. The second kappa shape index (κ2) is 4.78. The summed E-state index contributed by atoms with van der Waals surface area (Å²) in [6.45, 7) is 7.94. The zero-order valence-electron chi connectivity index (χ0n) is 9.94. The minimum atomic E-state index is -0.819. The van der Waals surface area contributed by atoms with Crippen molar-refractivity contribution in [1.82, 2.24) is 9.36 Å². The van der Waals surface area contributed by atoms with Crippen LogP contribution in [0, 0.1) is 0 Å². The second-order valence-electron chi connectivity index (χ2n) is 4.82. The van der Waals surface area contributed by atoms with Crippen molar-refractivity contribution < 1.29 is 9.90 Å². The van der Waals surface area contributed by atoms with Gasteiger partial charge in [-0.2, -0.15) is 4.37 Å². The van der Waals surface area contributed by atoms with Gasteiger partial charge in [-0.1, -0.05) is 20.8 Å². The maximum Gasteiger partial charge on any atom is 0.305 e. The predicted molar refractivity (Wildman–Crippen MR) is 63.9 cm³/mol. The van der Waals surface area contributed by atoms with Crippen LogP contribution in [0.1, 0.15) is 39.9 Å². The van der Waals surface area contributed by atoms with Crippen LogP contribution in [0.2, 0.25) is 0 Å². The van der Waals surface area contributed by atoms with E-state index in [9.17, 15) is 4.79 Å². The monoisotopic (exact) mass is 243 g/mol. The number of carbonyl (C=O) groups is 1. The summed E-state index contributed by atoms with van der Waals surface area (Å²) < 4.78 is 4.24. The fraction of sp³-hybridized carbons (Fsp3) is 0.700. The molecular formula is C10H17N3O2S. The molecule has 0 fully saturated rings. The maximum atomic E-state index is 10.5. The molecule has 0 bridgehead atoms. The molecule has 0 amide bonds. The van der Waals surface area contributed by atoms with Crippen molar-refractivity contribution in [1.29, 1.82) is 0 Å². The molecule has 1 rings (SSSR count). The molecule has 1 atom stereocenters. The van der Waals surface area contributed by atoms with Gasteiger partial charge in [0.05, 0.1) is 6.42 Å². The number of aliphatic carboxylic acids is 1. The molecule has 1 unspecified atom stereocenters. The van der Waals surface area contributed by atoms with Crippen LogP contribution in [0.15, 0.2) is 0 Å². The SMILES string of the molecule is CC(CC(=O)O)Nc1nc(C(C)(C)C)ns1. The number of aromatic nitrogens is 2. The first-order chi connectivity index (χ1) is 7.29. The molecule has 0 aliphatic rings. The van der Waals surface area contributed by atoms with Gasteiger partial charge in [0.15, 0.2) is 0 Å². The Hall–Kier alpha value is -1.17. The Labute approximate surface area is 99.1 Å². The highest BCUT2D eigenvalue weighted by Crippen LogP contribution is 2.23. The third kappa shape index (κ3) is 3.77. The van der Waals surface area contributed by atoms with E-state index in [0.717, 1.165) is 5.82 Å². The number of nitrogens with one attached hydrogen (secondary N) is 1. The van der Waals surface area contributed by atoms with E-state index in [4.69, 9.17) is 5.11 Å². The summed E-state index contributed by atoms with van der Waals surface area (Å²) in [5, 5.41) is 12.3. The van der Waals surface area contributed by atoms with E-state index in [2.05, 4.69) is 14.7 Å². The lowest BCUT2D eigenvalue weighted by Gasteiger charge is -2.13. The van der Waals surface area contributed by atoms with E-state index in [1.54, 1.807) is 0 Å². The average Bonchev–Trinajstić information content (AvgIpc) is 2.49. The van der Waals surface area contributed by atoms with Crippen LogP contribution in [-0.2, 0) is 10.2 Å². The Bertz CT molecular complexity index is 370. The molecule has 0 saturated carbocycles. The van der Waals surface area contributed by atoms with Gasteiger partial charge < -0.3 is 10.4 Å². The van der Waals surface area contributed by atoms with Gasteiger partial charge in [0.25, 0.3) is 0 Å². The minimum Gasteiger partial charge on any atom is -0.481 e. The number of hydrogen-bond acceptors (Lipinski definition) is 5. The Morgan fingerprint density at radius 2 is 2.19 bits per heavy atom. The van der Waals surface area contributed by atoms with Crippen molar-refractivity contribution in [3.63, 3.8) is 0 Å². The number of hydrogen-bond donors (Lipinski definition) is 2. The molecule has 0 aromatic carbocycles. The van der Waals surface area contributed by atoms with Crippen LogP contribution in [0.3, 0.4) is 0 Å². The lowest BCUT2D eigenvalue weighted by atomic mass is 9.96. The third-order valence-corrected chi connectivity index (χ3v) is 2.59. The summed E-state index contributed by atoms with van der Waals surface area (Å²) in [7, 11) is 0. The van der Waals surface area contributed by atoms with Gasteiger partial charge in [-0.25, -0.2) is 4.98 Å². The highest BCUT2D eigenvalue weighted by molar-refractivity contribution is 7.09. The average molecular weight is 243 g/mol. The number of nitrogens with zero attached hydrogens (tertiary/aromatic N) is 2. The normalized spacial score (nSPS) is 13.5. The van der Waals surface area contributed by atoms with Gasteiger partial charge in [0, 0.05) is 23.0 Å². The molecule has 1 heterocycles. The van der Waals surface area contributed by atoms with Crippen molar-refractivity contribution >= 4 is 22.6 Å². The van der Waals surface area contributed by atoms with Gasteiger partial charge in [0.1, 0.15) is 5.82 Å². The number of anilines is 1. The van der Waals surface area contributed by atoms with Crippen LogP contribution in [-0.4, -0.2) is 26.5 Å². The first-order valence-electron chi connectivity index (χ1n) is 5.11. The molecular weight excluding hydrogens is 226 g/mol. The van der Waals surface area contributed by atoms with Gasteiger partial charge in [0.2, 0.25) is 5.13 Å². The van der Waals surface area contributed by atoms with Crippen LogP contribution < -0.4 is 5.32 Å². The lowest BCUT2D eigenvalue weighted by Crippen LogP contribution is -2.19. The quantitative estimate of drug-likeness (QED) is 0.847. The highest BCUT2D eigenvalue weighted by atomic mass is 32.1. The predicted octanol–water partition coefficient (Wildman–Crippen LogP) is 2.11. The standard InChI is InChI=1S/C10H17N3O2S/c1-6(5-7(14)15)11-9-12-8(13-16-9)10(2,3)4/h6H,5H2,1-4H3,(H,14,15)(H,11,12,13). The van der Waals surface area contributed by atoms with Gasteiger partial charge in [-0.05, 0) is 6.92 Å². The number of carboxylic acid groups (broad SMARTS) is 1. The van der Waals surface area contributed by atoms with E-state index in [1.807, 2.05) is 27.7 Å². The molecule has 0 spiro atoms. The fourth-order valence-electron chi connectivity index (χ4n) is 1.11. The molecule has 0 aliphatic carbocycles. The summed E-state index contributed by atoms with van der Waals surface area (Å²) in [5.41, 5.74) is -0.0769. The number of carboxylic acids is 1. The molecule has 5 nitrogen and oxygen atoms in total. The molecule has 1 aromatic heterocycles. The smallest absolute Gasteiger partial charge is 0.305 e. The second-order valence-corrected chi connectivity index (χ2v) is 5.57. The Morgan fingerprint density at radius 3 is 2.62 bits per heavy atom. The van der Waals surface area contributed by atoms with E-state index < -0.39 is 5.97 Å². The van der Waals surface area contributed by atoms with Crippen molar-refractivity contribution in [3.8, 4) is 0 Å². The summed E-state index contributed by atoms with van der Waals surface area (Å²) in [6, 6.07) is -0.140. The first-order valence-corrected chi connectivity index (χ1v) is 5.89. The van der Waals surface area contributed by atoms with Crippen molar-refractivity contribution in [2.45, 2.75) is 45.6 Å². The molecule has 0 radical (unpaired) electrons. The maximum absolute atomic E-state index is 10.5. The van der Waals surface area contributed by atoms with Crippen molar-refractivity contribution in [2.75, 3.05) is 5.32 Å². The number of rotatable bonds is 4. The van der Waals surface area contributed by atoms with Gasteiger partial charge >= 0.3 is 5.97 Å². The van der Waals surface area contributed by atoms with E-state index >= 15 is 0 Å². The zero-order chi connectivity index (χ0) is 12.3. The molecule has 90 valence electrons. The minimum absolute atomic E-state index is 0.0738. The van der Waals surface area contributed by atoms with E-state index in [-0.39, 0.29) is 17.9 Å². The van der Waals surface area contributed by atoms with Crippen molar-refractivity contribution in [3.05, 3.63) is 5.82 Å². The summed E-state index contributed by atoms with van der Waals surface area (Å²) in [4.78, 5) is 14.8. The van der Waals surface area contributed by atoms with Crippen LogP contribution >= 0.6 is 11.5 Å². The van der Waals surface area contributed by atoms with Crippen LogP contribution in [0.4, 0.5) is 5.13 Å². The molecule has 16 heavy (non-hydrogen) atoms. The Balaban J connectivity index is 2.62. The van der Waals surface area contributed by atoms with Crippen LogP contribution in [0.25, 0.3) is 0 Å². The summed E-state index contributed by atoms with van der Waals surface area (Å²) in [6.07, 6.45) is 0.0738. The lowest BCUT2D eigenvalue weighted by molar-refractivity contribution is -0.137. The topological polar surface area (TPSA) is 75.1 Å². The first kappa shape index (κ1) is 12.9. The highest BCUT2D eigenvalue weighted by Gasteiger charge is 2.20. The molecule has 6 heteroatoms. The fourth-order valence-corrected chi connectivity index (χ4v) is 1.98. The molecule has 0 aliphatic heterocycles. The molecule has 2 N–H and O–H groups in total. The van der Waals surface area contributed by atoms with E-state index in [0.29, 0.717) is 5.13 Å². The van der Waals surface area contributed by atoms with Gasteiger partial charge in [-0.15, -0.1) is 0 Å². The van der Waals surface area contributed by atoms with Crippen molar-refractivity contribution in [2.24, 2.45) is 0 Å². The third-order valence-electron chi connectivity index (χ3n) is 1.95. The van der Waals surface area contributed by atoms with E-state index in [1.165, 1.54) is 11.5 Å². The van der Waals surface area contributed by atoms with Gasteiger partial charge in [-0.3, -0.25) is 4.79 Å². The zero-order valence-corrected chi connectivity index (χ0v) is 10.8. The van der Waals surface area contributed by atoms with Crippen LogP contribution in [0.5, 0.6) is 0 Å². The largest absolute Gasteiger partial charge is 0.481 e. The summed E-state index contributed by atoms with van der Waals surface area (Å²) >= 11 is 1.27. The Morgan fingerprint density at radius 1 is 1.56 bits per heavy atom. The molecule has 0 saturated heterocycles. The summed E-state index contributed by atoms with van der Waals surface area (Å²) in [5.74, 6) is -0.0388.